The summed E-state index contributed by atoms with van der Waals surface area (Å²) in [7, 11) is 0. The van der Waals surface area contributed by atoms with Crippen molar-refractivity contribution in [2.75, 3.05) is 15.1 Å². The minimum absolute atomic E-state index is 1.06. The van der Waals surface area contributed by atoms with Gasteiger partial charge in [-0.15, -0.1) is 56.7 Å². The lowest BCUT2D eigenvalue weighted by molar-refractivity contribution is 1.18. The minimum atomic E-state index is 1.06. The van der Waals surface area contributed by atoms with Crippen molar-refractivity contribution < 1.29 is 0 Å². The van der Waals surface area contributed by atoms with E-state index in [1.807, 2.05) is 74.9 Å². The Kier molecular flexibility index (Phi) is 19.8. The molecular formula is C122H75Br2N5S5. The molecule has 0 radical (unpaired) electrons. The van der Waals surface area contributed by atoms with Crippen LogP contribution in [-0.2, 0) is 0 Å². The molecule has 21 aromatic carbocycles. The first kappa shape index (κ1) is 80.1. The van der Waals surface area contributed by atoms with E-state index in [1.165, 1.54) is 183 Å². The molecule has 0 bridgehead atoms. The molecule has 5 nitrogen and oxygen atoms in total. The number of para-hydroxylation sites is 5. The predicted molar refractivity (Wildman–Crippen MR) is 593 cm³/mol. The monoisotopic (exact) mass is 1930 g/mol. The fourth-order valence-electron chi connectivity index (χ4n) is 20.2. The number of thiophene rings is 5. The van der Waals surface area contributed by atoms with E-state index in [9.17, 15) is 0 Å². The first-order chi connectivity index (χ1) is 66.2. The third-order valence-electron chi connectivity index (χ3n) is 26.2. The van der Waals surface area contributed by atoms with Crippen molar-refractivity contribution in [3.05, 3.63) is 458 Å². The summed E-state index contributed by atoms with van der Waals surface area (Å²) in [5.74, 6) is 0. The van der Waals surface area contributed by atoms with E-state index in [1.54, 1.807) is 0 Å². The summed E-state index contributed by atoms with van der Waals surface area (Å²) >= 11 is 16.6. The number of fused-ring (bicyclic) bond motifs is 25. The van der Waals surface area contributed by atoms with E-state index in [-0.39, 0.29) is 0 Å². The van der Waals surface area contributed by atoms with Crippen molar-refractivity contribution in [3.8, 4) is 33.6 Å². The smallest absolute Gasteiger partial charge is 0.0547 e. The maximum atomic E-state index is 3.66. The Bertz CT molecular complexity index is 9350. The highest BCUT2D eigenvalue weighted by molar-refractivity contribution is 9.11. The van der Waals surface area contributed by atoms with Crippen LogP contribution in [0, 0.1) is 0 Å². The highest BCUT2D eigenvalue weighted by Crippen LogP contribution is 2.51. The van der Waals surface area contributed by atoms with Gasteiger partial charge in [-0.2, -0.15) is 0 Å². The second-order valence-electron chi connectivity index (χ2n) is 34.2. The number of nitrogens with zero attached hydrogens (tertiary/aromatic N) is 4. The van der Waals surface area contributed by atoms with Crippen molar-refractivity contribution in [1.82, 2.24) is 9.13 Å². The van der Waals surface area contributed by atoms with Gasteiger partial charge in [-0.3, -0.25) is 0 Å². The first-order valence-corrected chi connectivity index (χ1v) is 50.5. The van der Waals surface area contributed by atoms with E-state index in [2.05, 4.69) is 487 Å². The molecule has 0 saturated carbocycles. The van der Waals surface area contributed by atoms with Gasteiger partial charge in [0.15, 0.2) is 0 Å². The molecule has 134 heavy (non-hydrogen) atoms. The summed E-state index contributed by atoms with van der Waals surface area (Å²) in [4.78, 5) is 4.88. The Labute approximate surface area is 808 Å². The Hall–Kier alpha value is -14.8. The van der Waals surface area contributed by atoms with Crippen molar-refractivity contribution in [2.24, 2.45) is 0 Å². The maximum Gasteiger partial charge on any atom is 0.0547 e. The Morgan fingerprint density at radius 2 is 0.537 bits per heavy atom. The summed E-state index contributed by atoms with van der Waals surface area (Å²) in [6.45, 7) is 0. The standard InChI is InChI=1S/C70H43N3S3.C34H19Br2NS.C18H13NS/c1-4-16-47(17-5-1)71(50-30-32-56-54-22-10-13-25-64(54)75-68(56)41-50)52-36-46(37-53(40-52)72(48-18-6-2-7-19-48)51-31-33-57-55-23-11-14-26-65(55)76-69(57)42-51)44-28-34-62-60(38-44)61-39-45-29-35-67-70(58-24-12-15-27-66(58)74-67)59(45)43-63(61)73(62)49-20-8-3-9-21-49;35-23-14-22(15-24(36)18-23)20-10-12-30-28(16-20)29-17-21-11-13-33-34(26-8-4-5-9-32(26)38-33)27(21)19-31(29)37(30)25-6-2-1-3-7-25;1-2-6-13(7-3-1)19-14-10-11-16-15-8-4-5-9-17(15)20-18(16)12-14/h1-43H;1-19H;1-12,19H. The molecule has 28 rings (SSSR count). The van der Waals surface area contributed by atoms with Crippen LogP contribution in [-0.4, -0.2) is 9.13 Å². The second-order valence-corrected chi connectivity index (χ2v) is 41.4. The Morgan fingerprint density at radius 3 is 0.978 bits per heavy atom. The third-order valence-corrected chi connectivity index (χ3v) is 32.8. The summed E-state index contributed by atoms with van der Waals surface area (Å²) in [5.41, 5.74) is 20.5. The number of anilines is 8. The summed E-state index contributed by atoms with van der Waals surface area (Å²) in [6.07, 6.45) is 0. The van der Waals surface area contributed by atoms with Crippen molar-refractivity contribution in [2.45, 2.75) is 0 Å². The topological polar surface area (TPSA) is 28.4 Å². The first-order valence-electron chi connectivity index (χ1n) is 44.8. The van der Waals surface area contributed by atoms with Crippen LogP contribution < -0.4 is 15.1 Å². The highest BCUT2D eigenvalue weighted by atomic mass is 79.9. The highest BCUT2D eigenvalue weighted by Gasteiger charge is 2.26. The SMILES string of the molecule is Brc1cc(Br)cc(-c2ccc3c(c2)c2cc4ccc5sc6ccccc6c5c4cc2n3-c2ccccc2)c1.c1ccc(N(c2cc(-c3ccc4c(c3)c3cc5ccc6sc7ccccc7c6c5cc3n4-c3ccccc3)cc(N(c3ccccc3)c3ccc4c(c3)sc3ccccc34)c2)c2ccc3c(c2)sc2ccccc23)cc1.c1ccc(Nc2ccc3c(c2)sc2ccccc23)cc1. The molecule has 0 aliphatic carbocycles. The fraction of sp³-hybridized carbons (Fsp3) is 0. The minimum Gasteiger partial charge on any atom is -0.355 e. The summed E-state index contributed by atoms with van der Waals surface area (Å²) < 4.78 is 20.1. The molecule has 0 spiro atoms. The zero-order chi connectivity index (χ0) is 88.6. The molecule has 1 N–H and O–H groups in total. The Balaban J connectivity index is 0.000000132. The van der Waals surface area contributed by atoms with Crippen molar-refractivity contribution in [3.63, 3.8) is 0 Å². The molecule has 28 aromatic rings. The average molecular weight is 1930 g/mol. The molecule has 0 amide bonds. The quantitative estimate of drug-likeness (QED) is 0.132. The molecule has 0 saturated heterocycles. The second kappa shape index (κ2) is 33.2. The van der Waals surface area contributed by atoms with Crippen molar-refractivity contribution in [1.29, 1.82) is 0 Å². The largest absolute Gasteiger partial charge is 0.355 e. The van der Waals surface area contributed by atoms with Gasteiger partial charge in [0.05, 0.1) is 22.1 Å². The molecule has 0 aliphatic rings. The molecule has 0 aliphatic heterocycles. The van der Waals surface area contributed by atoms with Crippen molar-refractivity contribution >= 4 is 300 Å². The van der Waals surface area contributed by atoms with Gasteiger partial charge in [0, 0.05) is 188 Å². The average Bonchev–Trinajstić information content (AvgIpc) is 1.56. The number of hydrogen-bond donors (Lipinski definition) is 1. The molecule has 7 heterocycles. The predicted octanol–water partition coefficient (Wildman–Crippen LogP) is 38.9. The van der Waals surface area contributed by atoms with Gasteiger partial charge in [-0.1, -0.05) is 256 Å². The van der Waals surface area contributed by atoms with Crippen LogP contribution in [0.15, 0.2) is 458 Å². The normalized spacial score (nSPS) is 11.8. The zero-order valence-electron chi connectivity index (χ0n) is 71.8. The van der Waals surface area contributed by atoms with E-state index in [0.29, 0.717) is 0 Å². The van der Waals surface area contributed by atoms with E-state index >= 15 is 0 Å². The van der Waals surface area contributed by atoms with Gasteiger partial charge in [0.2, 0.25) is 0 Å². The lowest BCUT2D eigenvalue weighted by Crippen LogP contribution is -2.13. The van der Waals surface area contributed by atoms with Crippen LogP contribution in [0.2, 0.25) is 0 Å². The van der Waals surface area contributed by atoms with E-state index < -0.39 is 0 Å². The molecule has 632 valence electrons. The fourth-order valence-corrected chi connectivity index (χ4v) is 27.1. The van der Waals surface area contributed by atoms with Gasteiger partial charge < -0.3 is 24.3 Å². The van der Waals surface area contributed by atoms with Crippen LogP contribution in [0.4, 0.5) is 45.5 Å². The van der Waals surface area contributed by atoms with Crippen LogP contribution in [0.1, 0.15) is 0 Å². The van der Waals surface area contributed by atoms with Gasteiger partial charge in [0.25, 0.3) is 0 Å². The molecule has 7 aromatic heterocycles. The van der Waals surface area contributed by atoms with Gasteiger partial charge >= 0.3 is 0 Å². The number of aromatic nitrogens is 2. The molecular weight excluding hydrogens is 1860 g/mol. The third kappa shape index (κ3) is 14.1. The zero-order valence-corrected chi connectivity index (χ0v) is 79.1. The van der Waals surface area contributed by atoms with Gasteiger partial charge in [-0.05, 0) is 268 Å². The summed E-state index contributed by atoms with van der Waals surface area (Å²) in [6, 6.07) is 164. The molecule has 0 fully saturated rings. The number of benzene rings is 21. The number of halogens is 2. The number of hydrogen-bond acceptors (Lipinski definition) is 8. The van der Waals surface area contributed by atoms with E-state index in [0.717, 1.165) is 71.3 Å². The molecule has 12 heteroatoms. The molecule has 0 atom stereocenters. The van der Waals surface area contributed by atoms with E-state index in [4.69, 9.17) is 0 Å². The number of nitrogens with one attached hydrogen (secondary N) is 1. The van der Waals surface area contributed by atoms with Crippen LogP contribution in [0.25, 0.3) is 200 Å². The van der Waals surface area contributed by atoms with Gasteiger partial charge in [0.1, 0.15) is 0 Å². The van der Waals surface area contributed by atoms with Crippen LogP contribution >= 0.6 is 88.5 Å². The van der Waals surface area contributed by atoms with Crippen LogP contribution in [0.5, 0.6) is 0 Å². The lowest BCUT2D eigenvalue weighted by Gasteiger charge is -2.30. The Morgan fingerprint density at radius 1 is 0.187 bits per heavy atom. The lowest BCUT2D eigenvalue weighted by atomic mass is 9.98. The molecule has 0 unspecified atom stereocenters. The maximum absolute atomic E-state index is 3.66. The number of rotatable bonds is 12. The summed E-state index contributed by atoms with van der Waals surface area (Å²) in [5, 5.41) is 26.7. The van der Waals surface area contributed by atoms with Gasteiger partial charge in [-0.25, -0.2) is 0 Å². The van der Waals surface area contributed by atoms with Crippen LogP contribution in [0.3, 0.4) is 0 Å².